The average molecular weight is 208 g/mol. The van der Waals surface area contributed by atoms with Crippen LogP contribution in [0.15, 0.2) is 30.3 Å². The fourth-order valence-corrected chi connectivity index (χ4v) is 1.15. The van der Waals surface area contributed by atoms with Gasteiger partial charge in [0.25, 0.3) is 5.91 Å². The second kappa shape index (κ2) is 6.98. The monoisotopic (exact) mass is 208 g/mol. The summed E-state index contributed by atoms with van der Waals surface area (Å²) in [5.74, 6) is -0.0525. The maximum Gasteiger partial charge on any atom is 0.251 e. The molecule has 0 fully saturated rings. The highest BCUT2D eigenvalue weighted by Gasteiger charge is 2.02. The zero-order valence-electron chi connectivity index (χ0n) is 8.61. The standard InChI is InChI=1S/C11H16N2O2/c12-9-15-8-4-7-13-11(14)10-5-2-1-3-6-10/h1-3,5-6H,4,7-9,12H2,(H,13,14). The van der Waals surface area contributed by atoms with Gasteiger partial charge in [0, 0.05) is 18.7 Å². The van der Waals surface area contributed by atoms with Gasteiger partial charge in [-0.05, 0) is 18.6 Å². The minimum absolute atomic E-state index is 0.0525. The van der Waals surface area contributed by atoms with Gasteiger partial charge in [-0.25, -0.2) is 0 Å². The van der Waals surface area contributed by atoms with Crippen molar-refractivity contribution in [2.75, 3.05) is 19.9 Å². The highest BCUT2D eigenvalue weighted by molar-refractivity contribution is 5.94. The van der Waals surface area contributed by atoms with Crippen LogP contribution in [0.25, 0.3) is 0 Å². The lowest BCUT2D eigenvalue weighted by Gasteiger charge is -2.04. The minimum atomic E-state index is -0.0525. The lowest BCUT2D eigenvalue weighted by molar-refractivity contribution is 0.0943. The summed E-state index contributed by atoms with van der Waals surface area (Å²) in [6, 6.07) is 9.13. The quantitative estimate of drug-likeness (QED) is 0.535. The molecule has 0 bridgehead atoms. The van der Waals surface area contributed by atoms with E-state index < -0.39 is 0 Å². The molecule has 0 aliphatic heterocycles. The molecule has 0 saturated carbocycles. The van der Waals surface area contributed by atoms with E-state index in [1.54, 1.807) is 12.1 Å². The Morgan fingerprint density at radius 3 is 2.73 bits per heavy atom. The summed E-state index contributed by atoms with van der Waals surface area (Å²) in [5, 5.41) is 2.80. The number of rotatable bonds is 6. The molecule has 0 aliphatic rings. The summed E-state index contributed by atoms with van der Waals surface area (Å²) in [6.45, 7) is 1.41. The highest BCUT2D eigenvalue weighted by atomic mass is 16.5. The van der Waals surface area contributed by atoms with Crippen LogP contribution in [0.1, 0.15) is 16.8 Å². The molecule has 15 heavy (non-hydrogen) atoms. The number of benzene rings is 1. The third-order valence-electron chi connectivity index (χ3n) is 1.90. The van der Waals surface area contributed by atoms with E-state index in [0.717, 1.165) is 6.42 Å². The zero-order chi connectivity index (χ0) is 10.9. The highest BCUT2D eigenvalue weighted by Crippen LogP contribution is 1.97. The maximum absolute atomic E-state index is 11.5. The number of carbonyl (C=O) groups excluding carboxylic acids is 1. The molecule has 0 saturated heterocycles. The maximum atomic E-state index is 11.5. The summed E-state index contributed by atoms with van der Waals surface area (Å²) in [7, 11) is 0. The Balaban J connectivity index is 2.20. The van der Waals surface area contributed by atoms with Crippen molar-refractivity contribution in [3.8, 4) is 0 Å². The molecule has 1 aromatic carbocycles. The first kappa shape index (κ1) is 11.7. The van der Waals surface area contributed by atoms with Crippen molar-refractivity contribution in [1.29, 1.82) is 0 Å². The van der Waals surface area contributed by atoms with Gasteiger partial charge in [-0.15, -0.1) is 0 Å². The van der Waals surface area contributed by atoms with Crippen LogP contribution in [0.2, 0.25) is 0 Å². The molecule has 1 aromatic rings. The van der Waals surface area contributed by atoms with Crippen LogP contribution in [0, 0.1) is 0 Å². The van der Waals surface area contributed by atoms with Crippen LogP contribution >= 0.6 is 0 Å². The molecule has 0 atom stereocenters. The summed E-state index contributed by atoms with van der Waals surface area (Å²) in [4.78, 5) is 11.5. The molecule has 0 aromatic heterocycles. The first-order valence-electron chi connectivity index (χ1n) is 4.95. The van der Waals surface area contributed by atoms with E-state index in [1.165, 1.54) is 0 Å². The Labute approximate surface area is 89.4 Å². The number of ether oxygens (including phenoxy) is 1. The Hall–Kier alpha value is -1.39. The third kappa shape index (κ3) is 4.58. The molecule has 0 spiro atoms. The van der Waals surface area contributed by atoms with Crippen molar-refractivity contribution in [3.05, 3.63) is 35.9 Å². The fourth-order valence-electron chi connectivity index (χ4n) is 1.15. The van der Waals surface area contributed by atoms with Gasteiger partial charge in [0.1, 0.15) is 0 Å². The van der Waals surface area contributed by atoms with Crippen LogP contribution < -0.4 is 11.1 Å². The number of carbonyl (C=O) groups is 1. The predicted molar refractivity (Wildman–Crippen MR) is 58.4 cm³/mol. The van der Waals surface area contributed by atoms with Crippen molar-refractivity contribution in [1.82, 2.24) is 5.32 Å². The summed E-state index contributed by atoms with van der Waals surface area (Å²) < 4.78 is 4.95. The first-order chi connectivity index (χ1) is 7.34. The molecule has 1 rings (SSSR count). The van der Waals surface area contributed by atoms with Crippen LogP contribution in [-0.2, 0) is 4.74 Å². The van der Waals surface area contributed by atoms with Crippen molar-refractivity contribution in [2.24, 2.45) is 5.73 Å². The minimum Gasteiger partial charge on any atom is -0.366 e. The van der Waals surface area contributed by atoms with Crippen molar-refractivity contribution >= 4 is 5.91 Å². The Kier molecular flexibility index (Phi) is 5.43. The number of hydrogen-bond donors (Lipinski definition) is 2. The summed E-state index contributed by atoms with van der Waals surface area (Å²) >= 11 is 0. The van der Waals surface area contributed by atoms with Gasteiger partial charge >= 0.3 is 0 Å². The van der Waals surface area contributed by atoms with Gasteiger partial charge in [0.05, 0.1) is 6.73 Å². The fraction of sp³-hybridized carbons (Fsp3) is 0.364. The normalized spacial score (nSPS) is 9.93. The molecule has 0 unspecified atom stereocenters. The molecule has 3 N–H and O–H groups in total. The molecular formula is C11H16N2O2. The van der Waals surface area contributed by atoms with Gasteiger partial charge < -0.3 is 15.8 Å². The van der Waals surface area contributed by atoms with E-state index in [0.29, 0.717) is 18.7 Å². The summed E-state index contributed by atoms with van der Waals surface area (Å²) in [6.07, 6.45) is 0.774. The van der Waals surface area contributed by atoms with Crippen LogP contribution in [-0.4, -0.2) is 25.8 Å². The summed E-state index contributed by atoms with van der Waals surface area (Å²) in [5.41, 5.74) is 5.83. The molecule has 82 valence electrons. The number of nitrogens with one attached hydrogen (secondary N) is 1. The van der Waals surface area contributed by atoms with Crippen molar-refractivity contribution in [3.63, 3.8) is 0 Å². The second-order valence-corrected chi connectivity index (χ2v) is 3.05. The van der Waals surface area contributed by atoms with Gasteiger partial charge in [0.2, 0.25) is 0 Å². The Morgan fingerprint density at radius 1 is 1.33 bits per heavy atom. The molecular weight excluding hydrogens is 192 g/mol. The van der Waals surface area contributed by atoms with E-state index in [4.69, 9.17) is 10.5 Å². The Morgan fingerprint density at radius 2 is 2.07 bits per heavy atom. The molecule has 4 heteroatoms. The molecule has 1 amide bonds. The average Bonchev–Trinajstić information content (AvgIpc) is 2.30. The van der Waals surface area contributed by atoms with E-state index >= 15 is 0 Å². The van der Waals surface area contributed by atoms with Gasteiger partial charge in [0.15, 0.2) is 0 Å². The Bertz CT molecular complexity index is 288. The van der Waals surface area contributed by atoms with E-state index in [-0.39, 0.29) is 12.6 Å². The molecule has 4 nitrogen and oxygen atoms in total. The van der Waals surface area contributed by atoms with Crippen molar-refractivity contribution < 1.29 is 9.53 Å². The number of amides is 1. The van der Waals surface area contributed by atoms with Crippen molar-refractivity contribution in [2.45, 2.75) is 6.42 Å². The SMILES string of the molecule is NCOCCCNC(=O)c1ccccc1. The third-order valence-corrected chi connectivity index (χ3v) is 1.90. The predicted octanol–water partition coefficient (Wildman–Crippen LogP) is 0.739. The first-order valence-corrected chi connectivity index (χ1v) is 4.95. The van der Waals surface area contributed by atoms with E-state index in [1.807, 2.05) is 18.2 Å². The van der Waals surface area contributed by atoms with Crippen LogP contribution in [0.3, 0.4) is 0 Å². The largest absolute Gasteiger partial charge is 0.366 e. The van der Waals surface area contributed by atoms with E-state index in [2.05, 4.69) is 5.32 Å². The lowest BCUT2D eigenvalue weighted by Crippen LogP contribution is -2.25. The van der Waals surface area contributed by atoms with Crippen LogP contribution in [0.5, 0.6) is 0 Å². The van der Waals surface area contributed by atoms with Gasteiger partial charge in [-0.3, -0.25) is 4.79 Å². The lowest BCUT2D eigenvalue weighted by atomic mass is 10.2. The van der Waals surface area contributed by atoms with Gasteiger partial charge in [-0.2, -0.15) is 0 Å². The van der Waals surface area contributed by atoms with E-state index in [9.17, 15) is 4.79 Å². The molecule has 0 heterocycles. The van der Waals surface area contributed by atoms with Gasteiger partial charge in [-0.1, -0.05) is 18.2 Å². The number of hydrogen-bond acceptors (Lipinski definition) is 3. The van der Waals surface area contributed by atoms with Crippen LogP contribution in [0.4, 0.5) is 0 Å². The number of nitrogens with two attached hydrogens (primary N) is 1. The molecule has 0 radical (unpaired) electrons. The second-order valence-electron chi connectivity index (χ2n) is 3.05. The molecule has 0 aliphatic carbocycles. The topological polar surface area (TPSA) is 64.3 Å². The zero-order valence-corrected chi connectivity index (χ0v) is 8.61. The smallest absolute Gasteiger partial charge is 0.251 e.